The third-order valence-electron chi connectivity index (χ3n) is 3.19. The van der Waals surface area contributed by atoms with Crippen LogP contribution in [0.25, 0.3) is 11.3 Å². The van der Waals surface area contributed by atoms with Crippen LogP contribution in [0, 0.1) is 0 Å². The molecule has 0 saturated heterocycles. The van der Waals surface area contributed by atoms with Crippen LogP contribution in [0.1, 0.15) is 12.8 Å². The molecule has 5 heteroatoms. The van der Waals surface area contributed by atoms with Gasteiger partial charge in [-0.2, -0.15) is 5.10 Å². The number of nitrogens with two attached hydrogens (primary N) is 1. The van der Waals surface area contributed by atoms with E-state index in [1.165, 1.54) is 0 Å². The van der Waals surface area contributed by atoms with Gasteiger partial charge in [0.05, 0.1) is 18.9 Å². The maximum atomic E-state index is 5.86. The number of methoxy groups -OCH3 is 1. The van der Waals surface area contributed by atoms with E-state index >= 15 is 0 Å². The van der Waals surface area contributed by atoms with Crippen LogP contribution in [0.4, 0.5) is 5.82 Å². The van der Waals surface area contributed by atoms with Crippen LogP contribution in [-0.4, -0.2) is 23.0 Å². The average molecular weight is 259 g/mol. The van der Waals surface area contributed by atoms with E-state index in [4.69, 9.17) is 15.2 Å². The summed E-state index contributed by atoms with van der Waals surface area (Å²) in [5.74, 6) is 2.15. The highest BCUT2D eigenvalue weighted by molar-refractivity contribution is 5.66. The molecule has 100 valence electrons. The van der Waals surface area contributed by atoms with Crippen molar-refractivity contribution in [1.82, 2.24) is 9.78 Å². The summed E-state index contributed by atoms with van der Waals surface area (Å²) in [6.07, 6.45) is 2.56. The first-order valence-electron chi connectivity index (χ1n) is 6.32. The standard InChI is InChI=1S/C14H17N3O2/c1-17-14(15)8-11(16-17)9-3-6-12(18-2)13(7-9)19-10-4-5-10/h3,6-8,10H,4-5,15H2,1-2H3. The van der Waals surface area contributed by atoms with E-state index in [2.05, 4.69) is 5.10 Å². The minimum absolute atomic E-state index is 0.331. The van der Waals surface area contributed by atoms with Crippen LogP contribution >= 0.6 is 0 Å². The summed E-state index contributed by atoms with van der Waals surface area (Å²) in [7, 11) is 3.47. The van der Waals surface area contributed by atoms with Gasteiger partial charge in [0.25, 0.3) is 0 Å². The Kier molecular flexibility index (Phi) is 2.81. The molecule has 0 aliphatic heterocycles. The SMILES string of the molecule is COc1ccc(-c2cc(N)n(C)n2)cc1OC1CC1. The molecule has 1 aromatic heterocycles. The Balaban J connectivity index is 1.97. The Morgan fingerprint density at radius 3 is 2.63 bits per heavy atom. The average Bonchev–Trinajstić information content (AvgIpc) is 3.15. The van der Waals surface area contributed by atoms with Gasteiger partial charge >= 0.3 is 0 Å². The molecule has 0 atom stereocenters. The Labute approximate surface area is 111 Å². The van der Waals surface area contributed by atoms with Crippen LogP contribution in [-0.2, 0) is 7.05 Å². The van der Waals surface area contributed by atoms with Crippen molar-refractivity contribution in [3.05, 3.63) is 24.3 Å². The first-order chi connectivity index (χ1) is 9.17. The van der Waals surface area contributed by atoms with Gasteiger partial charge in [-0.15, -0.1) is 0 Å². The fourth-order valence-corrected chi connectivity index (χ4v) is 1.92. The highest BCUT2D eigenvalue weighted by Gasteiger charge is 2.25. The lowest BCUT2D eigenvalue weighted by Gasteiger charge is -2.11. The number of nitrogens with zero attached hydrogens (tertiary/aromatic N) is 2. The van der Waals surface area contributed by atoms with Crippen molar-refractivity contribution >= 4 is 5.82 Å². The molecule has 0 amide bonds. The largest absolute Gasteiger partial charge is 0.493 e. The second kappa shape index (κ2) is 4.50. The number of ether oxygens (including phenoxy) is 2. The summed E-state index contributed by atoms with van der Waals surface area (Å²) in [5, 5.41) is 4.37. The van der Waals surface area contributed by atoms with Gasteiger partial charge < -0.3 is 15.2 Å². The normalized spacial score (nSPS) is 14.4. The Hall–Kier alpha value is -2.17. The number of benzene rings is 1. The lowest BCUT2D eigenvalue weighted by atomic mass is 10.1. The monoisotopic (exact) mass is 259 g/mol. The van der Waals surface area contributed by atoms with Gasteiger partial charge in [0.2, 0.25) is 0 Å². The summed E-state index contributed by atoms with van der Waals surface area (Å²) in [4.78, 5) is 0. The van der Waals surface area contributed by atoms with Crippen molar-refractivity contribution in [3.8, 4) is 22.8 Å². The topological polar surface area (TPSA) is 62.3 Å². The molecule has 19 heavy (non-hydrogen) atoms. The van der Waals surface area contributed by atoms with E-state index in [0.717, 1.165) is 35.6 Å². The van der Waals surface area contributed by atoms with Crippen molar-refractivity contribution in [2.45, 2.75) is 18.9 Å². The first-order valence-corrected chi connectivity index (χ1v) is 6.32. The lowest BCUT2D eigenvalue weighted by Crippen LogP contribution is -1.99. The number of rotatable bonds is 4. The molecule has 1 aliphatic carbocycles. The second-order valence-electron chi connectivity index (χ2n) is 4.76. The van der Waals surface area contributed by atoms with Crippen molar-refractivity contribution < 1.29 is 9.47 Å². The highest BCUT2D eigenvalue weighted by Crippen LogP contribution is 2.36. The highest BCUT2D eigenvalue weighted by atomic mass is 16.5. The molecule has 3 rings (SSSR count). The summed E-state index contributed by atoms with van der Waals surface area (Å²) in [5.41, 5.74) is 7.62. The molecular formula is C14H17N3O2. The quantitative estimate of drug-likeness (QED) is 0.914. The predicted octanol–water partition coefficient (Wildman–Crippen LogP) is 2.22. The lowest BCUT2D eigenvalue weighted by molar-refractivity contribution is 0.282. The Morgan fingerprint density at radius 1 is 1.26 bits per heavy atom. The van der Waals surface area contributed by atoms with E-state index in [1.54, 1.807) is 11.8 Å². The fourth-order valence-electron chi connectivity index (χ4n) is 1.92. The van der Waals surface area contributed by atoms with Crippen LogP contribution in [0.5, 0.6) is 11.5 Å². The number of aryl methyl sites for hydroxylation is 1. The van der Waals surface area contributed by atoms with Gasteiger partial charge in [-0.3, -0.25) is 4.68 Å². The third kappa shape index (κ3) is 2.36. The van der Waals surface area contributed by atoms with Crippen LogP contribution in [0.2, 0.25) is 0 Å². The molecule has 0 radical (unpaired) electrons. The van der Waals surface area contributed by atoms with Gasteiger partial charge in [-0.1, -0.05) is 0 Å². The zero-order chi connectivity index (χ0) is 13.4. The van der Waals surface area contributed by atoms with Gasteiger partial charge in [-0.05, 0) is 31.0 Å². The Morgan fingerprint density at radius 2 is 2.05 bits per heavy atom. The third-order valence-corrected chi connectivity index (χ3v) is 3.19. The van der Waals surface area contributed by atoms with E-state index in [9.17, 15) is 0 Å². The summed E-state index contributed by atoms with van der Waals surface area (Å²) < 4.78 is 12.8. The van der Waals surface area contributed by atoms with Crippen LogP contribution in [0.15, 0.2) is 24.3 Å². The van der Waals surface area contributed by atoms with Gasteiger partial charge in [0, 0.05) is 18.7 Å². The summed E-state index contributed by atoms with van der Waals surface area (Å²) in [6.45, 7) is 0. The van der Waals surface area contributed by atoms with Gasteiger partial charge in [0.15, 0.2) is 11.5 Å². The molecule has 2 aromatic rings. The first kappa shape index (κ1) is 11.9. The van der Waals surface area contributed by atoms with E-state index in [-0.39, 0.29) is 0 Å². The zero-order valence-corrected chi connectivity index (χ0v) is 11.1. The molecule has 1 aromatic carbocycles. The zero-order valence-electron chi connectivity index (χ0n) is 11.1. The molecule has 1 saturated carbocycles. The van der Waals surface area contributed by atoms with Crippen LogP contribution < -0.4 is 15.2 Å². The molecule has 0 unspecified atom stereocenters. The summed E-state index contributed by atoms with van der Waals surface area (Å²) in [6, 6.07) is 7.67. The minimum Gasteiger partial charge on any atom is -0.493 e. The molecule has 5 nitrogen and oxygen atoms in total. The second-order valence-corrected chi connectivity index (χ2v) is 4.76. The maximum Gasteiger partial charge on any atom is 0.162 e. The minimum atomic E-state index is 0.331. The smallest absolute Gasteiger partial charge is 0.162 e. The maximum absolute atomic E-state index is 5.86. The number of hydrogen-bond acceptors (Lipinski definition) is 4. The van der Waals surface area contributed by atoms with Crippen molar-refractivity contribution in [3.63, 3.8) is 0 Å². The van der Waals surface area contributed by atoms with Gasteiger partial charge in [0.1, 0.15) is 5.82 Å². The van der Waals surface area contributed by atoms with Crippen LogP contribution in [0.3, 0.4) is 0 Å². The van der Waals surface area contributed by atoms with Crippen molar-refractivity contribution in [1.29, 1.82) is 0 Å². The fraction of sp³-hybridized carbons (Fsp3) is 0.357. The molecule has 0 bridgehead atoms. The number of anilines is 1. The summed E-state index contributed by atoms with van der Waals surface area (Å²) >= 11 is 0. The molecule has 1 aliphatic rings. The number of aromatic nitrogens is 2. The Bertz CT molecular complexity index is 583. The van der Waals surface area contributed by atoms with E-state index in [1.807, 2.05) is 31.3 Å². The van der Waals surface area contributed by atoms with Gasteiger partial charge in [-0.25, -0.2) is 0 Å². The van der Waals surface area contributed by atoms with Crippen molar-refractivity contribution in [2.24, 2.45) is 7.05 Å². The predicted molar refractivity (Wildman–Crippen MR) is 73.3 cm³/mol. The van der Waals surface area contributed by atoms with Crippen molar-refractivity contribution in [2.75, 3.05) is 12.8 Å². The number of hydrogen-bond donors (Lipinski definition) is 1. The molecule has 1 fully saturated rings. The van der Waals surface area contributed by atoms with E-state index in [0.29, 0.717) is 11.9 Å². The molecular weight excluding hydrogens is 242 g/mol. The molecule has 2 N–H and O–H groups in total. The molecule has 1 heterocycles. The molecule has 0 spiro atoms. The van der Waals surface area contributed by atoms with E-state index < -0.39 is 0 Å². The number of nitrogen functional groups attached to an aromatic ring is 1.